The minimum atomic E-state index is -0.0985. The number of amides is 1. The van der Waals surface area contributed by atoms with E-state index in [1.165, 1.54) is 24.1 Å². The Labute approximate surface area is 187 Å². The summed E-state index contributed by atoms with van der Waals surface area (Å²) in [4.78, 5) is 23.1. The van der Waals surface area contributed by atoms with Gasteiger partial charge >= 0.3 is 0 Å². The molecular formula is C25H38N4O2. The summed E-state index contributed by atoms with van der Waals surface area (Å²) in [7, 11) is 0. The predicted molar refractivity (Wildman–Crippen MR) is 123 cm³/mol. The number of rotatable bonds is 5. The smallest absolute Gasteiger partial charge is 0.230 e. The van der Waals surface area contributed by atoms with E-state index >= 15 is 0 Å². The van der Waals surface area contributed by atoms with Crippen LogP contribution >= 0.6 is 0 Å². The van der Waals surface area contributed by atoms with Crippen LogP contribution in [0.5, 0.6) is 0 Å². The van der Waals surface area contributed by atoms with Crippen LogP contribution in [0.1, 0.15) is 31.2 Å². The second-order valence-corrected chi connectivity index (χ2v) is 10.1. The lowest BCUT2D eigenvalue weighted by molar-refractivity contribution is -0.135. The number of likely N-dealkylation sites (tertiary alicyclic amines) is 2. The first-order chi connectivity index (χ1) is 15.1. The van der Waals surface area contributed by atoms with Gasteiger partial charge in [0, 0.05) is 64.1 Å². The van der Waals surface area contributed by atoms with E-state index in [0.29, 0.717) is 11.9 Å². The van der Waals surface area contributed by atoms with Crippen molar-refractivity contribution in [2.24, 2.45) is 5.41 Å². The molecule has 0 saturated carbocycles. The molecule has 4 saturated heterocycles. The number of piperidine rings is 1. The standard InChI is InChI=1S/C25H38N4O2/c1-21-3-2-4-23(19-21)27-9-5-22(6-10-27)29-12-8-25(20-29)7-11-28(24(25)30)14-13-26-15-17-31-18-16-26/h2-4,19,22H,5-18,20H2,1H3. The summed E-state index contributed by atoms with van der Waals surface area (Å²) >= 11 is 0. The summed E-state index contributed by atoms with van der Waals surface area (Å²) in [6.07, 6.45) is 4.52. The number of morpholine rings is 1. The average molecular weight is 427 g/mol. The Morgan fingerprint density at radius 2 is 1.77 bits per heavy atom. The maximum Gasteiger partial charge on any atom is 0.230 e. The summed E-state index contributed by atoms with van der Waals surface area (Å²) < 4.78 is 5.44. The van der Waals surface area contributed by atoms with Crippen LogP contribution in [-0.2, 0) is 9.53 Å². The first-order valence-electron chi connectivity index (χ1n) is 12.3. The lowest BCUT2D eigenvalue weighted by Gasteiger charge is -2.38. The van der Waals surface area contributed by atoms with E-state index in [2.05, 4.69) is 50.8 Å². The van der Waals surface area contributed by atoms with Crippen molar-refractivity contribution >= 4 is 11.6 Å². The van der Waals surface area contributed by atoms with Crippen LogP contribution in [0.4, 0.5) is 5.69 Å². The van der Waals surface area contributed by atoms with Crippen molar-refractivity contribution in [1.82, 2.24) is 14.7 Å². The van der Waals surface area contributed by atoms with E-state index in [1.54, 1.807) is 0 Å². The molecule has 4 aliphatic rings. The Kier molecular flexibility index (Phi) is 6.22. The van der Waals surface area contributed by atoms with Gasteiger partial charge in [0.1, 0.15) is 0 Å². The molecule has 5 rings (SSSR count). The Balaban J connectivity index is 1.12. The minimum absolute atomic E-state index is 0.0985. The van der Waals surface area contributed by atoms with Gasteiger partial charge in [-0.05, 0) is 56.8 Å². The summed E-state index contributed by atoms with van der Waals surface area (Å²) in [5, 5.41) is 0. The van der Waals surface area contributed by atoms with E-state index in [0.717, 1.165) is 85.0 Å². The summed E-state index contributed by atoms with van der Waals surface area (Å²) in [6, 6.07) is 9.50. The van der Waals surface area contributed by atoms with Gasteiger partial charge in [-0.25, -0.2) is 0 Å². The molecule has 1 aromatic rings. The maximum absolute atomic E-state index is 13.3. The van der Waals surface area contributed by atoms with Crippen molar-refractivity contribution in [3.63, 3.8) is 0 Å². The highest BCUT2D eigenvalue weighted by Crippen LogP contribution is 2.42. The highest BCUT2D eigenvalue weighted by molar-refractivity contribution is 5.85. The van der Waals surface area contributed by atoms with Crippen molar-refractivity contribution in [2.75, 3.05) is 77.0 Å². The van der Waals surface area contributed by atoms with Crippen molar-refractivity contribution in [3.8, 4) is 0 Å². The maximum atomic E-state index is 13.3. The van der Waals surface area contributed by atoms with Crippen LogP contribution in [0.2, 0.25) is 0 Å². The number of nitrogens with zero attached hydrogens (tertiary/aromatic N) is 4. The summed E-state index contributed by atoms with van der Waals surface area (Å²) in [5.41, 5.74) is 2.59. The molecular weight excluding hydrogens is 388 g/mol. The quantitative estimate of drug-likeness (QED) is 0.722. The Morgan fingerprint density at radius 1 is 1.00 bits per heavy atom. The van der Waals surface area contributed by atoms with Gasteiger partial charge in [0.2, 0.25) is 5.91 Å². The summed E-state index contributed by atoms with van der Waals surface area (Å²) in [6.45, 7) is 13.0. The summed E-state index contributed by atoms with van der Waals surface area (Å²) in [5.74, 6) is 0.431. The first kappa shape index (κ1) is 21.2. The zero-order valence-electron chi connectivity index (χ0n) is 19.1. The number of ether oxygens (including phenoxy) is 1. The van der Waals surface area contributed by atoms with Gasteiger partial charge in [-0.2, -0.15) is 0 Å². The van der Waals surface area contributed by atoms with Crippen molar-refractivity contribution in [2.45, 2.75) is 38.6 Å². The first-order valence-corrected chi connectivity index (χ1v) is 12.3. The van der Waals surface area contributed by atoms with Crippen LogP contribution in [0, 0.1) is 12.3 Å². The van der Waals surface area contributed by atoms with E-state index in [9.17, 15) is 4.79 Å². The molecule has 6 nitrogen and oxygen atoms in total. The Bertz CT molecular complexity index is 773. The highest BCUT2D eigenvalue weighted by atomic mass is 16.5. The minimum Gasteiger partial charge on any atom is -0.379 e. The van der Waals surface area contributed by atoms with Gasteiger partial charge in [0.25, 0.3) is 0 Å². The lowest BCUT2D eigenvalue weighted by atomic mass is 9.85. The van der Waals surface area contributed by atoms with E-state index in [-0.39, 0.29) is 5.41 Å². The molecule has 1 aromatic carbocycles. The molecule has 1 atom stereocenters. The fourth-order valence-electron chi connectivity index (χ4n) is 6.10. The lowest BCUT2D eigenvalue weighted by Crippen LogP contribution is -2.46. The fourth-order valence-corrected chi connectivity index (χ4v) is 6.10. The van der Waals surface area contributed by atoms with E-state index in [4.69, 9.17) is 4.74 Å². The number of carbonyl (C=O) groups is 1. The third kappa shape index (κ3) is 4.48. The molecule has 0 aromatic heterocycles. The molecule has 6 heteroatoms. The molecule has 1 amide bonds. The Hall–Kier alpha value is -1.63. The number of carbonyl (C=O) groups excluding carboxylic acids is 1. The number of hydrogen-bond donors (Lipinski definition) is 0. The number of anilines is 1. The largest absolute Gasteiger partial charge is 0.379 e. The number of aryl methyl sites for hydroxylation is 1. The molecule has 4 aliphatic heterocycles. The molecule has 1 unspecified atom stereocenters. The van der Waals surface area contributed by atoms with Gasteiger partial charge < -0.3 is 14.5 Å². The molecule has 1 spiro atoms. The topological polar surface area (TPSA) is 39.3 Å². The van der Waals surface area contributed by atoms with Crippen molar-refractivity contribution in [1.29, 1.82) is 0 Å². The van der Waals surface area contributed by atoms with Gasteiger partial charge in [-0.3, -0.25) is 14.6 Å². The third-order valence-electron chi connectivity index (χ3n) is 8.12. The monoisotopic (exact) mass is 426 g/mol. The molecule has 0 aliphatic carbocycles. The number of benzene rings is 1. The molecule has 31 heavy (non-hydrogen) atoms. The zero-order chi connectivity index (χ0) is 21.3. The predicted octanol–water partition coefficient (Wildman–Crippen LogP) is 2.22. The van der Waals surface area contributed by atoms with Gasteiger partial charge in [0.05, 0.1) is 18.6 Å². The van der Waals surface area contributed by atoms with E-state index < -0.39 is 0 Å². The van der Waals surface area contributed by atoms with Crippen LogP contribution in [-0.4, -0.2) is 98.8 Å². The van der Waals surface area contributed by atoms with Gasteiger partial charge in [0.15, 0.2) is 0 Å². The fraction of sp³-hybridized carbons (Fsp3) is 0.720. The van der Waals surface area contributed by atoms with Crippen molar-refractivity contribution in [3.05, 3.63) is 29.8 Å². The molecule has 0 N–H and O–H groups in total. The highest BCUT2D eigenvalue weighted by Gasteiger charge is 2.51. The molecule has 170 valence electrons. The van der Waals surface area contributed by atoms with Gasteiger partial charge in [-0.1, -0.05) is 12.1 Å². The SMILES string of the molecule is Cc1cccc(N2CCC(N3CCC4(CCN(CCN5CCOCC5)C4=O)C3)CC2)c1. The molecule has 0 bridgehead atoms. The van der Waals surface area contributed by atoms with Crippen LogP contribution in [0.15, 0.2) is 24.3 Å². The number of hydrogen-bond acceptors (Lipinski definition) is 5. The van der Waals surface area contributed by atoms with Gasteiger partial charge in [-0.15, -0.1) is 0 Å². The van der Waals surface area contributed by atoms with Crippen molar-refractivity contribution < 1.29 is 9.53 Å². The van der Waals surface area contributed by atoms with Crippen LogP contribution in [0.3, 0.4) is 0 Å². The normalized spacial score (nSPS) is 28.9. The molecule has 4 fully saturated rings. The van der Waals surface area contributed by atoms with E-state index in [1.807, 2.05) is 0 Å². The molecule has 4 heterocycles. The second kappa shape index (κ2) is 9.08. The van der Waals surface area contributed by atoms with Crippen LogP contribution < -0.4 is 4.90 Å². The Morgan fingerprint density at radius 3 is 2.55 bits per heavy atom. The van der Waals surface area contributed by atoms with Crippen LogP contribution in [0.25, 0.3) is 0 Å². The average Bonchev–Trinajstić information content (AvgIpc) is 3.38. The zero-order valence-corrected chi connectivity index (χ0v) is 19.1. The molecule has 0 radical (unpaired) electrons. The second-order valence-electron chi connectivity index (χ2n) is 10.1. The third-order valence-corrected chi connectivity index (χ3v) is 8.12.